The van der Waals surface area contributed by atoms with E-state index in [-0.39, 0.29) is 0 Å². The van der Waals surface area contributed by atoms with E-state index >= 15 is 0 Å². The van der Waals surface area contributed by atoms with Crippen LogP contribution >= 0.6 is 0 Å². The van der Waals surface area contributed by atoms with Crippen LogP contribution in [0.25, 0.3) is 0 Å². The Morgan fingerprint density at radius 3 is 3.00 bits per heavy atom. The molecule has 2 N–H and O–H groups in total. The van der Waals surface area contributed by atoms with Gasteiger partial charge < -0.3 is 24.5 Å². The van der Waals surface area contributed by atoms with Gasteiger partial charge in [-0.3, -0.25) is 0 Å². The van der Waals surface area contributed by atoms with E-state index in [4.69, 9.17) is 13.9 Å². The number of methoxy groups -OCH3 is 1. The fraction of sp³-hybridized carbons (Fsp3) is 0.444. The summed E-state index contributed by atoms with van der Waals surface area (Å²) in [6.07, 6.45) is 4.26. The Morgan fingerprint density at radius 1 is 1.32 bits per heavy atom. The van der Waals surface area contributed by atoms with Crippen LogP contribution < -0.4 is 15.4 Å². The van der Waals surface area contributed by atoms with Crippen LogP contribution in [0.3, 0.4) is 0 Å². The molecule has 2 heterocycles. The number of hydrogen-bond acceptors (Lipinski definition) is 5. The molecule has 0 aliphatic rings. The van der Waals surface area contributed by atoms with Gasteiger partial charge in [-0.1, -0.05) is 0 Å². The molecule has 0 aliphatic heterocycles. The Labute approximate surface area is 148 Å². The number of rotatable bonds is 10. The normalized spacial score (nSPS) is 11.4. The average Bonchev–Trinajstić information content (AvgIpc) is 3.16. The molecule has 0 radical (unpaired) electrons. The summed E-state index contributed by atoms with van der Waals surface area (Å²) in [5.41, 5.74) is 1.05. The van der Waals surface area contributed by atoms with E-state index in [1.54, 1.807) is 19.6 Å². The molecular weight excluding hydrogens is 320 g/mol. The SMILES string of the molecule is CCNC(=NCc1ccnc(OC)c1)NCCCOCc1ccco1. The Bertz CT molecular complexity index is 629. The van der Waals surface area contributed by atoms with Gasteiger partial charge in [0.1, 0.15) is 12.4 Å². The Hall–Kier alpha value is -2.54. The molecule has 0 bridgehead atoms. The zero-order valence-corrected chi connectivity index (χ0v) is 14.8. The van der Waals surface area contributed by atoms with Gasteiger partial charge in [0.15, 0.2) is 5.96 Å². The summed E-state index contributed by atoms with van der Waals surface area (Å²) in [6, 6.07) is 7.58. The minimum Gasteiger partial charge on any atom is -0.481 e. The molecule has 0 spiro atoms. The highest BCUT2D eigenvalue weighted by Crippen LogP contribution is 2.09. The summed E-state index contributed by atoms with van der Waals surface area (Å²) in [7, 11) is 1.61. The molecule has 2 aromatic heterocycles. The molecule has 0 saturated heterocycles. The van der Waals surface area contributed by atoms with Crippen molar-refractivity contribution in [2.24, 2.45) is 4.99 Å². The number of nitrogens with zero attached hydrogens (tertiary/aromatic N) is 2. The van der Waals surface area contributed by atoms with Crippen molar-refractivity contribution in [1.82, 2.24) is 15.6 Å². The molecule has 2 rings (SSSR count). The van der Waals surface area contributed by atoms with Crippen LogP contribution in [0.5, 0.6) is 5.88 Å². The summed E-state index contributed by atoms with van der Waals surface area (Å²) in [6.45, 7) is 5.35. The molecule has 0 atom stereocenters. The summed E-state index contributed by atoms with van der Waals surface area (Å²) in [5, 5.41) is 6.53. The number of nitrogens with one attached hydrogen (secondary N) is 2. The minimum atomic E-state index is 0.505. The van der Waals surface area contributed by atoms with Gasteiger partial charge in [-0.05, 0) is 37.1 Å². The summed E-state index contributed by atoms with van der Waals surface area (Å²) < 4.78 is 15.9. The average molecular weight is 346 g/mol. The maximum absolute atomic E-state index is 5.56. The van der Waals surface area contributed by atoms with E-state index in [1.165, 1.54) is 0 Å². The molecule has 2 aromatic rings. The van der Waals surface area contributed by atoms with Crippen LogP contribution in [0, 0.1) is 0 Å². The van der Waals surface area contributed by atoms with Crippen LogP contribution in [0.2, 0.25) is 0 Å². The molecule has 0 amide bonds. The number of hydrogen-bond donors (Lipinski definition) is 2. The Kier molecular flexibility index (Phi) is 8.34. The number of ether oxygens (including phenoxy) is 2. The number of pyridine rings is 1. The number of guanidine groups is 1. The van der Waals surface area contributed by atoms with Gasteiger partial charge in [-0.2, -0.15) is 0 Å². The van der Waals surface area contributed by atoms with Gasteiger partial charge in [0.05, 0.1) is 19.9 Å². The first-order valence-electron chi connectivity index (χ1n) is 8.43. The van der Waals surface area contributed by atoms with Crippen LogP contribution in [-0.2, 0) is 17.9 Å². The lowest BCUT2D eigenvalue weighted by Crippen LogP contribution is -2.38. The molecule has 0 unspecified atom stereocenters. The highest BCUT2D eigenvalue weighted by atomic mass is 16.5. The summed E-state index contributed by atoms with van der Waals surface area (Å²) >= 11 is 0. The van der Waals surface area contributed by atoms with Crippen molar-refractivity contribution in [3.05, 3.63) is 48.0 Å². The van der Waals surface area contributed by atoms with Crippen LogP contribution in [-0.4, -0.2) is 37.7 Å². The van der Waals surface area contributed by atoms with Gasteiger partial charge in [-0.15, -0.1) is 0 Å². The summed E-state index contributed by atoms with van der Waals surface area (Å²) in [5.74, 6) is 2.22. The monoisotopic (exact) mass is 346 g/mol. The fourth-order valence-electron chi connectivity index (χ4n) is 2.12. The van der Waals surface area contributed by atoms with Crippen molar-refractivity contribution in [3.8, 4) is 5.88 Å². The topological polar surface area (TPSA) is 80.9 Å². The Morgan fingerprint density at radius 2 is 2.24 bits per heavy atom. The third kappa shape index (κ3) is 7.26. The van der Waals surface area contributed by atoms with Crippen molar-refractivity contribution < 1.29 is 13.9 Å². The van der Waals surface area contributed by atoms with E-state index < -0.39 is 0 Å². The lowest BCUT2D eigenvalue weighted by molar-refractivity contribution is 0.105. The third-order valence-electron chi connectivity index (χ3n) is 3.35. The molecule has 0 aromatic carbocycles. The molecule has 136 valence electrons. The predicted octanol–water partition coefficient (Wildman–Crippen LogP) is 2.35. The van der Waals surface area contributed by atoms with E-state index in [0.29, 0.717) is 25.6 Å². The largest absolute Gasteiger partial charge is 0.481 e. The van der Waals surface area contributed by atoms with E-state index in [1.807, 2.05) is 31.2 Å². The molecule has 7 heteroatoms. The molecular formula is C18H26N4O3. The number of aromatic nitrogens is 1. The van der Waals surface area contributed by atoms with E-state index in [2.05, 4.69) is 20.6 Å². The second-order valence-electron chi connectivity index (χ2n) is 5.31. The van der Waals surface area contributed by atoms with Crippen molar-refractivity contribution in [2.75, 3.05) is 26.8 Å². The first kappa shape index (κ1) is 18.8. The first-order chi connectivity index (χ1) is 12.3. The van der Waals surface area contributed by atoms with Gasteiger partial charge in [0, 0.05) is 32.0 Å². The van der Waals surface area contributed by atoms with Crippen molar-refractivity contribution in [3.63, 3.8) is 0 Å². The van der Waals surface area contributed by atoms with Gasteiger partial charge in [-0.25, -0.2) is 9.98 Å². The van der Waals surface area contributed by atoms with Crippen LogP contribution in [0.1, 0.15) is 24.7 Å². The van der Waals surface area contributed by atoms with E-state index in [0.717, 1.165) is 36.8 Å². The second kappa shape index (κ2) is 11.1. The van der Waals surface area contributed by atoms with Gasteiger partial charge in [0.2, 0.25) is 5.88 Å². The minimum absolute atomic E-state index is 0.505. The van der Waals surface area contributed by atoms with Crippen molar-refractivity contribution >= 4 is 5.96 Å². The van der Waals surface area contributed by atoms with Gasteiger partial charge in [0.25, 0.3) is 0 Å². The summed E-state index contributed by atoms with van der Waals surface area (Å²) in [4.78, 5) is 8.67. The molecule has 0 saturated carbocycles. The van der Waals surface area contributed by atoms with Crippen molar-refractivity contribution in [2.45, 2.75) is 26.5 Å². The Balaban J connectivity index is 1.69. The second-order valence-corrected chi connectivity index (χ2v) is 5.31. The van der Waals surface area contributed by atoms with Crippen LogP contribution in [0.15, 0.2) is 46.1 Å². The smallest absolute Gasteiger partial charge is 0.213 e. The lowest BCUT2D eigenvalue weighted by atomic mass is 10.3. The highest BCUT2D eigenvalue weighted by molar-refractivity contribution is 5.79. The highest BCUT2D eigenvalue weighted by Gasteiger charge is 2.00. The van der Waals surface area contributed by atoms with Crippen molar-refractivity contribution in [1.29, 1.82) is 0 Å². The third-order valence-corrected chi connectivity index (χ3v) is 3.35. The molecule has 7 nitrogen and oxygen atoms in total. The van der Waals surface area contributed by atoms with E-state index in [9.17, 15) is 0 Å². The quantitative estimate of drug-likeness (QED) is 0.390. The molecule has 0 fully saturated rings. The standard InChI is InChI=1S/C18H26N4O3/c1-3-19-18(22-13-15-7-9-20-17(12-15)23-2)21-8-5-10-24-14-16-6-4-11-25-16/h4,6-7,9,11-12H,3,5,8,10,13-14H2,1-2H3,(H2,19,21,22). The number of furan rings is 1. The zero-order chi connectivity index (χ0) is 17.7. The maximum atomic E-state index is 5.56. The lowest BCUT2D eigenvalue weighted by Gasteiger charge is -2.11. The molecule has 25 heavy (non-hydrogen) atoms. The number of aliphatic imine (C=N–C) groups is 1. The van der Waals surface area contributed by atoms with Gasteiger partial charge >= 0.3 is 0 Å². The van der Waals surface area contributed by atoms with Crippen LogP contribution in [0.4, 0.5) is 0 Å². The maximum Gasteiger partial charge on any atom is 0.213 e. The molecule has 0 aliphatic carbocycles. The predicted molar refractivity (Wildman–Crippen MR) is 96.6 cm³/mol. The zero-order valence-electron chi connectivity index (χ0n) is 14.8. The fourth-order valence-corrected chi connectivity index (χ4v) is 2.12. The first-order valence-corrected chi connectivity index (χ1v) is 8.43.